The lowest BCUT2D eigenvalue weighted by molar-refractivity contribution is -0.125. The number of amides is 1. The first-order valence-electron chi connectivity index (χ1n) is 9.06. The molecule has 0 spiro atoms. The maximum Gasteiger partial charge on any atom is 0.338 e. The van der Waals surface area contributed by atoms with Gasteiger partial charge in [0.15, 0.2) is 6.61 Å². The Hall–Kier alpha value is -2.87. The smallest absolute Gasteiger partial charge is 0.338 e. The zero-order valence-corrected chi connectivity index (χ0v) is 18.0. The van der Waals surface area contributed by atoms with Crippen molar-refractivity contribution in [2.75, 3.05) is 11.3 Å². The molecule has 0 atom stereocenters. The molecule has 2 rings (SSSR count). The van der Waals surface area contributed by atoms with Gasteiger partial charge < -0.3 is 10.1 Å². The van der Waals surface area contributed by atoms with Crippen molar-refractivity contribution in [2.24, 2.45) is 0 Å². The lowest BCUT2D eigenvalue weighted by Gasteiger charge is -2.20. The molecule has 2 aromatic carbocycles. The molecule has 1 amide bonds. The number of ether oxygens (including phenoxy) is 1. The first kappa shape index (κ1) is 22.4. The monoisotopic (exact) mass is 418 g/mol. The molecular formula is C21H26N2O5S. The van der Waals surface area contributed by atoms with Gasteiger partial charge in [-0.25, -0.2) is 13.2 Å². The second kappa shape index (κ2) is 8.65. The largest absolute Gasteiger partial charge is 0.452 e. The summed E-state index contributed by atoms with van der Waals surface area (Å²) in [5, 5.41) is 2.69. The van der Waals surface area contributed by atoms with Crippen molar-refractivity contribution in [2.45, 2.75) is 45.1 Å². The van der Waals surface area contributed by atoms with E-state index in [1.807, 2.05) is 33.8 Å². The predicted octanol–water partition coefficient (Wildman–Crippen LogP) is 3.18. The Morgan fingerprint density at radius 2 is 1.72 bits per heavy atom. The van der Waals surface area contributed by atoms with E-state index in [1.54, 1.807) is 25.1 Å². The standard InChI is InChI=1S/C21H26N2O5S/c1-14-7-6-8-16(11-14)23-29(26,27)17-10-9-15(2)18(12-17)20(25)28-13-19(24)22-21(3,4)5/h6-12,23H,13H2,1-5H3,(H,22,24). The third-order valence-corrected chi connectivity index (χ3v) is 5.24. The van der Waals surface area contributed by atoms with Crippen molar-refractivity contribution < 1.29 is 22.7 Å². The summed E-state index contributed by atoms with van der Waals surface area (Å²) >= 11 is 0. The summed E-state index contributed by atoms with van der Waals surface area (Å²) < 4.78 is 32.9. The average Bonchev–Trinajstić information content (AvgIpc) is 2.58. The fraction of sp³-hybridized carbons (Fsp3) is 0.333. The van der Waals surface area contributed by atoms with E-state index in [9.17, 15) is 18.0 Å². The molecule has 0 unspecified atom stereocenters. The van der Waals surface area contributed by atoms with Crippen LogP contribution in [-0.2, 0) is 19.6 Å². The Morgan fingerprint density at radius 3 is 2.34 bits per heavy atom. The number of sulfonamides is 1. The first-order valence-corrected chi connectivity index (χ1v) is 10.5. The van der Waals surface area contributed by atoms with Gasteiger partial charge in [0.05, 0.1) is 10.5 Å². The normalized spacial score (nSPS) is 11.6. The second-order valence-electron chi connectivity index (χ2n) is 7.83. The number of carbonyl (C=O) groups is 2. The Morgan fingerprint density at radius 1 is 1.03 bits per heavy atom. The second-order valence-corrected chi connectivity index (χ2v) is 9.51. The van der Waals surface area contributed by atoms with Crippen LogP contribution in [0.2, 0.25) is 0 Å². The van der Waals surface area contributed by atoms with E-state index in [0.717, 1.165) is 5.56 Å². The van der Waals surface area contributed by atoms with Gasteiger partial charge >= 0.3 is 5.97 Å². The molecular weight excluding hydrogens is 392 g/mol. The summed E-state index contributed by atoms with van der Waals surface area (Å²) in [6.07, 6.45) is 0. The van der Waals surface area contributed by atoms with Crippen LogP contribution in [-0.4, -0.2) is 32.4 Å². The van der Waals surface area contributed by atoms with Crippen LogP contribution in [0.3, 0.4) is 0 Å². The van der Waals surface area contributed by atoms with Gasteiger partial charge in [-0.3, -0.25) is 9.52 Å². The molecule has 0 bridgehead atoms. The number of benzene rings is 2. The highest BCUT2D eigenvalue weighted by molar-refractivity contribution is 7.92. The minimum absolute atomic E-state index is 0.0734. The molecule has 0 aliphatic rings. The summed E-state index contributed by atoms with van der Waals surface area (Å²) in [5.74, 6) is -1.20. The van der Waals surface area contributed by atoms with Crippen LogP contribution in [0.4, 0.5) is 5.69 Å². The number of hydrogen-bond acceptors (Lipinski definition) is 5. The minimum Gasteiger partial charge on any atom is -0.452 e. The molecule has 0 saturated heterocycles. The van der Waals surface area contributed by atoms with Crippen molar-refractivity contribution in [1.82, 2.24) is 5.32 Å². The molecule has 0 saturated carbocycles. The van der Waals surface area contributed by atoms with Crippen molar-refractivity contribution in [3.05, 3.63) is 59.2 Å². The van der Waals surface area contributed by atoms with E-state index >= 15 is 0 Å². The highest BCUT2D eigenvalue weighted by Gasteiger charge is 2.20. The third kappa shape index (κ3) is 6.60. The molecule has 0 aromatic heterocycles. The number of esters is 1. The van der Waals surface area contributed by atoms with Gasteiger partial charge in [0.1, 0.15) is 0 Å². The molecule has 0 heterocycles. The van der Waals surface area contributed by atoms with Crippen LogP contribution >= 0.6 is 0 Å². The van der Waals surface area contributed by atoms with Gasteiger partial charge in [-0.05, 0) is 70.0 Å². The SMILES string of the molecule is Cc1cccc(NS(=O)(=O)c2ccc(C)c(C(=O)OCC(=O)NC(C)(C)C)c2)c1. The number of nitrogens with one attached hydrogen (secondary N) is 2. The summed E-state index contributed by atoms with van der Waals surface area (Å²) in [6, 6.07) is 11.1. The van der Waals surface area contributed by atoms with Crippen LogP contribution < -0.4 is 10.0 Å². The molecule has 0 aliphatic carbocycles. The van der Waals surface area contributed by atoms with Crippen LogP contribution in [0.1, 0.15) is 42.3 Å². The zero-order chi connectivity index (χ0) is 21.8. The summed E-state index contributed by atoms with van der Waals surface area (Å²) in [4.78, 5) is 24.2. The van der Waals surface area contributed by atoms with Crippen molar-refractivity contribution in [1.29, 1.82) is 0 Å². The molecule has 0 radical (unpaired) electrons. The lowest BCUT2D eigenvalue weighted by atomic mass is 10.1. The van der Waals surface area contributed by atoms with E-state index in [0.29, 0.717) is 11.3 Å². The highest BCUT2D eigenvalue weighted by atomic mass is 32.2. The van der Waals surface area contributed by atoms with Gasteiger partial charge in [0.25, 0.3) is 15.9 Å². The zero-order valence-electron chi connectivity index (χ0n) is 17.2. The van der Waals surface area contributed by atoms with Crippen LogP contribution in [0, 0.1) is 13.8 Å². The van der Waals surface area contributed by atoms with Gasteiger partial charge in [-0.15, -0.1) is 0 Å². The van der Waals surface area contributed by atoms with Crippen LogP contribution in [0.15, 0.2) is 47.4 Å². The number of aryl methyl sites for hydroxylation is 2. The number of anilines is 1. The number of hydrogen-bond donors (Lipinski definition) is 2. The maximum atomic E-state index is 12.7. The molecule has 29 heavy (non-hydrogen) atoms. The molecule has 2 aromatic rings. The summed E-state index contributed by atoms with van der Waals surface area (Å²) in [7, 11) is -3.90. The number of rotatable bonds is 6. The Bertz CT molecular complexity index is 1020. The maximum absolute atomic E-state index is 12.7. The van der Waals surface area contributed by atoms with Crippen LogP contribution in [0.25, 0.3) is 0 Å². The topological polar surface area (TPSA) is 102 Å². The Balaban J connectivity index is 2.18. The molecule has 2 N–H and O–H groups in total. The molecule has 8 heteroatoms. The van der Waals surface area contributed by atoms with Crippen molar-refractivity contribution in [3.63, 3.8) is 0 Å². The van der Waals surface area contributed by atoms with E-state index < -0.39 is 34.0 Å². The minimum atomic E-state index is -3.90. The quantitative estimate of drug-likeness (QED) is 0.702. The molecule has 0 aliphatic heterocycles. The van der Waals surface area contributed by atoms with Gasteiger partial charge in [-0.2, -0.15) is 0 Å². The third-order valence-electron chi connectivity index (χ3n) is 3.86. The van der Waals surface area contributed by atoms with Gasteiger partial charge in [0.2, 0.25) is 0 Å². The van der Waals surface area contributed by atoms with Crippen molar-refractivity contribution >= 4 is 27.6 Å². The number of carbonyl (C=O) groups excluding carboxylic acids is 2. The summed E-state index contributed by atoms with van der Waals surface area (Å²) in [5.41, 5.74) is 1.51. The lowest BCUT2D eigenvalue weighted by Crippen LogP contribution is -2.42. The van der Waals surface area contributed by atoms with Crippen LogP contribution in [0.5, 0.6) is 0 Å². The fourth-order valence-corrected chi connectivity index (χ4v) is 3.65. The van der Waals surface area contributed by atoms with Gasteiger partial charge in [0, 0.05) is 11.2 Å². The highest BCUT2D eigenvalue weighted by Crippen LogP contribution is 2.20. The molecule has 7 nitrogen and oxygen atoms in total. The fourth-order valence-electron chi connectivity index (χ4n) is 2.57. The van der Waals surface area contributed by atoms with E-state index in [1.165, 1.54) is 18.2 Å². The van der Waals surface area contributed by atoms with E-state index in [-0.39, 0.29) is 10.5 Å². The molecule has 0 fully saturated rings. The van der Waals surface area contributed by atoms with E-state index in [4.69, 9.17) is 4.74 Å². The van der Waals surface area contributed by atoms with Crippen molar-refractivity contribution in [3.8, 4) is 0 Å². The van der Waals surface area contributed by atoms with Gasteiger partial charge in [-0.1, -0.05) is 18.2 Å². The van der Waals surface area contributed by atoms with E-state index in [2.05, 4.69) is 10.0 Å². The average molecular weight is 419 g/mol. The Labute approximate surface area is 171 Å². The summed E-state index contributed by atoms with van der Waals surface area (Å²) in [6.45, 7) is 8.50. The molecule has 156 valence electrons. The first-order chi connectivity index (χ1) is 13.4. The predicted molar refractivity (Wildman–Crippen MR) is 111 cm³/mol. The Kier molecular flexibility index (Phi) is 6.69.